The van der Waals surface area contributed by atoms with Crippen LogP contribution < -0.4 is 5.32 Å². The van der Waals surface area contributed by atoms with Crippen molar-refractivity contribution in [1.29, 1.82) is 0 Å². The lowest BCUT2D eigenvalue weighted by Crippen LogP contribution is -2.52. The van der Waals surface area contributed by atoms with Crippen molar-refractivity contribution in [2.45, 2.75) is 0 Å². The fraction of sp³-hybridized carbons (Fsp3) is 0.0833. The van der Waals surface area contributed by atoms with E-state index < -0.39 is 17.8 Å². The van der Waals surface area contributed by atoms with Gasteiger partial charge in [0, 0.05) is 17.1 Å². The number of barbiturate groups is 1. The Morgan fingerprint density at radius 2 is 1.89 bits per heavy atom. The number of nitrogens with one attached hydrogen (secondary N) is 1. The molecule has 0 radical (unpaired) electrons. The average Bonchev–Trinajstić information content (AvgIpc) is 2.34. The first kappa shape index (κ1) is 13.6. The van der Waals surface area contributed by atoms with Crippen LogP contribution in [0.25, 0.3) is 6.08 Å². The number of hydrogen-bond acceptors (Lipinski definition) is 3. The fourth-order valence-corrected chi connectivity index (χ4v) is 1.98. The van der Waals surface area contributed by atoms with Gasteiger partial charge in [-0.1, -0.05) is 29.3 Å². The van der Waals surface area contributed by atoms with Crippen LogP contribution in [0.15, 0.2) is 23.8 Å². The second-order valence-electron chi connectivity index (χ2n) is 3.85. The van der Waals surface area contributed by atoms with E-state index >= 15 is 0 Å². The maximum absolute atomic E-state index is 11.8. The molecule has 1 N–H and O–H groups in total. The zero-order chi connectivity index (χ0) is 14.2. The Morgan fingerprint density at radius 3 is 2.53 bits per heavy atom. The van der Waals surface area contributed by atoms with E-state index in [9.17, 15) is 14.4 Å². The van der Waals surface area contributed by atoms with Crippen molar-refractivity contribution in [3.63, 3.8) is 0 Å². The van der Waals surface area contributed by atoms with Crippen molar-refractivity contribution in [3.05, 3.63) is 39.4 Å². The molecule has 1 heterocycles. The Kier molecular flexibility index (Phi) is 3.59. The lowest BCUT2D eigenvalue weighted by molar-refractivity contribution is -0.129. The van der Waals surface area contributed by atoms with Crippen LogP contribution >= 0.6 is 23.2 Å². The molecule has 1 aliphatic rings. The number of amides is 4. The maximum Gasteiger partial charge on any atom is 0.331 e. The molecule has 0 saturated carbocycles. The van der Waals surface area contributed by atoms with Crippen molar-refractivity contribution < 1.29 is 14.4 Å². The molecule has 19 heavy (non-hydrogen) atoms. The molecule has 7 heteroatoms. The Hall–Kier alpha value is -1.85. The van der Waals surface area contributed by atoms with Gasteiger partial charge < -0.3 is 0 Å². The first-order valence-electron chi connectivity index (χ1n) is 5.20. The summed E-state index contributed by atoms with van der Waals surface area (Å²) in [5, 5.41) is 2.80. The molecule has 5 nitrogen and oxygen atoms in total. The van der Waals surface area contributed by atoms with Crippen molar-refractivity contribution in [1.82, 2.24) is 10.2 Å². The molecule has 0 spiro atoms. The van der Waals surface area contributed by atoms with Crippen LogP contribution in [0.2, 0.25) is 10.0 Å². The van der Waals surface area contributed by atoms with Gasteiger partial charge >= 0.3 is 6.03 Å². The highest BCUT2D eigenvalue weighted by Gasteiger charge is 2.33. The van der Waals surface area contributed by atoms with E-state index in [0.29, 0.717) is 15.6 Å². The SMILES string of the molecule is CN1C(=O)NC(=O)/C(=C\c2ccc(Cl)cc2Cl)C1=O. The number of imide groups is 2. The zero-order valence-electron chi connectivity index (χ0n) is 9.74. The largest absolute Gasteiger partial charge is 0.331 e. The van der Waals surface area contributed by atoms with E-state index in [2.05, 4.69) is 5.32 Å². The molecule has 0 bridgehead atoms. The molecule has 0 atom stereocenters. The quantitative estimate of drug-likeness (QED) is 0.638. The molecule has 4 amide bonds. The van der Waals surface area contributed by atoms with E-state index in [1.54, 1.807) is 12.1 Å². The Labute approximate surface area is 118 Å². The second kappa shape index (κ2) is 5.03. The molecule has 0 aromatic heterocycles. The summed E-state index contributed by atoms with van der Waals surface area (Å²) in [6.45, 7) is 0. The number of hydrogen-bond donors (Lipinski definition) is 1. The maximum atomic E-state index is 11.8. The van der Waals surface area contributed by atoms with Crippen LogP contribution in [-0.4, -0.2) is 29.8 Å². The summed E-state index contributed by atoms with van der Waals surface area (Å²) in [6, 6.07) is 3.90. The molecule has 1 aliphatic heterocycles. The first-order valence-corrected chi connectivity index (χ1v) is 5.96. The Morgan fingerprint density at radius 1 is 1.21 bits per heavy atom. The van der Waals surface area contributed by atoms with Gasteiger partial charge in [-0.15, -0.1) is 0 Å². The minimum Gasteiger partial charge on any atom is -0.273 e. The van der Waals surface area contributed by atoms with Crippen LogP contribution in [0.5, 0.6) is 0 Å². The zero-order valence-corrected chi connectivity index (χ0v) is 11.2. The summed E-state index contributed by atoms with van der Waals surface area (Å²) in [6.07, 6.45) is 1.32. The highest BCUT2D eigenvalue weighted by atomic mass is 35.5. The number of carbonyl (C=O) groups is 3. The number of likely N-dealkylation sites (N-methyl/N-ethyl adjacent to an activating group) is 1. The summed E-state index contributed by atoms with van der Waals surface area (Å²) in [5.74, 6) is -1.43. The monoisotopic (exact) mass is 298 g/mol. The van der Waals surface area contributed by atoms with Gasteiger partial charge in [-0.05, 0) is 23.8 Å². The van der Waals surface area contributed by atoms with Crippen LogP contribution in [0.1, 0.15) is 5.56 Å². The molecule has 2 rings (SSSR count). The van der Waals surface area contributed by atoms with Crippen molar-refractivity contribution in [3.8, 4) is 0 Å². The topological polar surface area (TPSA) is 66.5 Å². The van der Waals surface area contributed by atoms with Gasteiger partial charge in [0.05, 0.1) is 0 Å². The number of halogens is 2. The number of benzene rings is 1. The number of nitrogens with zero attached hydrogens (tertiary/aromatic N) is 1. The van der Waals surface area contributed by atoms with Crippen LogP contribution in [0.3, 0.4) is 0 Å². The van der Waals surface area contributed by atoms with E-state index in [1.807, 2.05) is 0 Å². The first-order chi connectivity index (χ1) is 8.90. The fourth-order valence-electron chi connectivity index (χ4n) is 1.52. The molecule has 1 aromatic rings. The summed E-state index contributed by atoms with van der Waals surface area (Å²) in [4.78, 5) is 35.5. The third kappa shape index (κ3) is 2.62. The predicted octanol–water partition coefficient (Wildman–Crippen LogP) is 2.08. The highest BCUT2D eigenvalue weighted by Crippen LogP contribution is 2.24. The molecular formula is C12H8Cl2N2O3. The van der Waals surface area contributed by atoms with Gasteiger partial charge in [0.2, 0.25) is 0 Å². The van der Waals surface area contributed by atoms with E-state index in [0.717, 1.165) is 4.90 Å². The minimum atomic E-state index is -0.755. The third-order valence-electron chi connectivity index (χ3n) is 2.57. The van der Waals surface area contributed by atoms with E-state index in [1.165, 1.54) is 19.2 Å². The lowest BCUT2D eigenvalue weighted by Gasteiger charge is -2.22. The third-order valence-corrected chi connectivity index (χ3v) is 3.13. The smallest absolute Gasteiger partial charge is 0.273 e. The van der Waals surface area contributed by atoms with Gasteiger partial charge in [-0.2, -0.15) is 0 Å². The molecule has 98 valence electrons. The van der Waals surface area contributed by atoms with Gasteiger partial charge in [0.25, 0.3) is 11.8 Å². The Balaban J connectivity index is 2.44. The molecule has 1 fully saturated rings. The van der Waals surface area contributed by atoms with E-state index in [4.69, 9.17) is 23.2 Å². The normalized spacial score (nSPS) is 17.9. The molecule has 1 saturated heterocycles. The standard InChI is InChI=1S/C12H8Cl2N2O3/c1-16-11(18)8(10(17)15-12(16)19)4-6-2-3-7(13)5-9(6)14/h2-5H,1H3,(H,15,17,19)/b8-4+. The molecule has 0 unspecified atom stereocenters. The number of rotatable bonds is 1. The number of urea groups is 1. The summed E-state index contributed by atoms with van der Waals surface area (Å²) in [7, 11) is 1.28. The molecule has 0 aliphatic carbocycles. The van der Waals surface area contributed by atoms with Crippen molar-refractivity contribution in [2.24, 2.45) is 0 Å². The summed E-state index contributed by atoms with van der Waals surface area (Å²) in [5.41, 5.74) is 0.304. The highest BCUT2D eigenvalue weighted by molar-refractivity contribution is 6.36. The van der Waals surface area contributed by atoms with Gasteiger partial charge in [0.1, 0.15) is 5.57 Å². The van der Waals surface area contributed by atoms with Gasteiger partial charge in [-0.3, -0.25) is 19.8 Å². The number of carbonyl (C=O) groups excluding carboxylic acids is 3. The van der Waals surface area contributed by atoms with E-state index in [-0.39, 0.29) is 5.57 Å². The average molecular weight is 299 g/mol. The Bertz CT molecular complexity index is 625. The van der Waals surface area contributed by atoms with Crippen LogP contribution in [0.4, 0.5) is 4.79 Å². The lowest BCUT2D eigenvalue weighted by atomic mass is 10.1. The second-order valence-corrected chi connectivity index (χ2v) is 4.69. The molecular weight excluding hydrogens is 291 g/mol. The van der Waals surface area contributed by atoms with Crippen molar-refractivity contribution in [2.75, 3.05) is 7.05 Å². The van der Waals surface area contributed by atoms with Crippen LogP contribution in [0, 0.1) is 0 Å². The predicted molar refractivity (Wildman–Crippen MR) is 70.7 cm³/mol. The van der Waals surface area contributed by atoms with Gasteiger partial charge in [-0.25, -0.2) is 4.79 Å². The van der Waals surface area contributed by atoms with Gasteiger partial charge in [0.15, 0.2) is 0 Å². The van der Waals surface area contributed by atoms with Crippen LogP contribution in [-0.2, 0) is 9.59 Å². The summed E-state index contributed by atoms with van der Waals surface area (Å²) >= 11 is 11.7. The molecule has 1 aromatic carbocycles. The summed E-state index contributed by atoms with van der Waals surface area (Å²) < 4.78 is 0. The van der Waals surface area contributed by atoms with Crippen molar-refractivity contribution >= 4 is 47.1 Å². The minimum absolute atomic E-state index is 0.161.